The Hall–Kier alpha value is -2.58. The van der Waals surface area contributed by atoms with Gasteiger partial charge in [-0.1, -0.05) is 12.1 Å². The highest BCUT2D eigenvalue weighted by atomic mass is 35.5. The van der Waals surface area contributed by atoms with Gasteiger partial charge in [0, 0.05) is 64.8 Å². The lowest BCUT2D eigenvalue weighted by atomic mass is 10.2. The Morgan fingerprint density at radius 2 is 1.29 bits per heavy atom. The first-order valence-electron chi connectivity index (χ1n) is 11.7. The standard InChI is InChI=1S/C15H23N3O2.C10H15N3.ClH/c1-12-5-6-13(16-11-12)17-7-9-18(10-8-17)14(19)20-15(2,3)4;1-9-2-3-10(12-8-9)13-6-4-11-5-7-13;/h5-6,11H,7-10H2,1-4H3;2-3,8,11H,4-7H2,1H3;1H. The maximum Gasteiger partial charge on any atom is 0.410 e. The third-order valence-corrected chi connectivity index (χ3v) is 5.49. The van der Waals surface area contributed by atoms with Crippen LogP contribution < -0.4 is 15.1 Å². The molecular weight excluding hydrogens is 452 g/mol. The van der Waals surface area contributed by atoms with Crippen LogP contribution in [0.2, 0.25) is 0 Å². The summed E-state index contributed by atoms with van der Waals surface area (Å²) in [5.74, 6) is 2.08. The van der Waals surface area contributed by atoms with Gasteiger partial charge < -0.3 is 24.8 Å². The minimum Gasteiger partial charge on any atom is -0.444 e. The molecule has 2 saturated heterocycles. The first kappa shape index (κ1) is 27.7. The monoisotopic (exact) mass is 490 g/mol. The van der Waals surface area contributed by atoms with Crippen molar-refractivity contribution < 1.29 is 9.53 Å². The summed E-state index contributed by atoms with van der Waals surface area (Å²) in [6, 6.07) is 8.30. The van der Waals surface area contributed by atoms with Gasteiger partial charge in [0.05, 0.1) is 0 Å². The van der Waals surface area contributed by atoms with Gasteiger partial charge in [-0.2, -0.15) is 0 Å². The number of piperazine rings is 2. The topological polar surface area (TPSA) is 73.8 Å². The molecule has 0 unspecified atom stereocenters. The molecule has 2 aliphatic rings. The first-order valence-corrected chi connectivity index (χ1v) is 11.7. The third-order valence-electron chi connectivity index (χ3n) is 5.49. The molecule has 9 heteroatoms. The Morgan fingerprint density at radius 3 is 1.71 bits per heavy atom. The molecule has 2 aromatic rings. The molecule has 8 nitrogen and oxygen atoms in total. The van der Waals surface area contributed by atoms with E-state index < -0.39 is 5.60 Å². The smallest absolute Gasteiger partial charge is 0.410 e. The van der Waals surface area contributed by atoms with E-state index in [1.54, 1.807) is 4.90 Å². The van der Waals surface area contributed by atoms with Crippen molar-refractivity contribution in [3.05, 3.63) is 47.8 Å². The second-order valence-corrected chi connectivity index (χ2v) is 9.58. The fraction of sp³-hybridized carbons (Fsp3) is 0.560. The number of nitrogens with one attached hydrogen (secondary N) is 1. The van der Waals surface area contributed by atoms with E-state index in [-0.39, 0.29) is 18.5 Å². The third kappa shape index (κ3) is 8.65. The van der Waals surface area contributed by atoms with Crippen molar-refractivity contribution in [1.82, 2.24) is 20.2 Å². The number of hydrogen-bond donors (Lipinski definition) is 1. The number of aryl methyl sites for hydroxylation is 2. The minimum atomic E-state index is -0.438. The van der Waals surface area contributed by atoms with Crippen LogP contribution in [0.25, 0.3) is 0 Å². The highest BCUT2D eigenvalue weighted by Crippen LogP contribution is 2.16. The highest BCUT2D eigenvalue weighted by Gasteiger charge is 2.26. The number of amides is 1. The number of hydrogen-bond acceptors (Lipinski definition) is 7. The molecular formula is C25H39ClN6O2. The zero-order valence-corrected chi connectivity index (χ0v) is 21.9. The lowest BCUT2D eigenvalue weighted by Gasteiger charge is -2.36. The van der Waals surface area contributed by atoms with Crippen molar-refractivity contribution in [3.63, 3.8) is 0 Å². The maximum atomic E-state index is 12.0. The van der Waals surface area contributed by atoms with Crippen molar-refractivity contribution in [3.8, 4) is 0 Å². The summed E-state index contributed by atoms with van der Waals surface area (Å²) in [6.07, 6.45) is 3.57. The molecule has 0 bridgehead atoms. The summed E-state index contributed by atoms with van der Waals surface area (Å²) in [4.78, 5) is 27.1. The van der Waals surface area contributed by atoms with Crippen LogP contribution in [0.5, 0.6) is 0 Å². The minimum absolute atomic E-state index is 0. The fourth-order valence-electron chi connectivity index (χ4n) is 3.63. The molecule has 0 atom stereocenters. The summed E-state index contributed by atoms with van der Waals surface area (Å²) < 4.78 is 5.39. The molecule has 34 heavy (non-hydrogen) atoms. The Labute approximate surface area is 210 Å². The molecule has 4 heterocycles. The second kappa shape index (κ2) is 12.8. The molecule has 0 aromatic carbocycles. The first-order chi connectivity index (χ1) is 15.7. The number of aromatic nitrogens is 2. The van der Waals surface area contributed by atoms with E-state index in [9.17, 15) is 4.79 Å². The molecule has 4 rings (SSSR count). The summed E-state index contributed by atoms with van der Waals surface area (Å²) in [5.41, 5.74) is 1.94. The molecule has 2 fully saturated rings. The van der Waals surface area contributed by atoms with Crippen LogP contribution in [-0.4, -0.2) is 78.9 Å². The zero-order chi connectivity index (χ0) is 23.8. The maximum absolute atomic E-state index is 12.0. The molecule has 2 aromatic heterocycles. The predicted molar refractivity (Wildman–Crippen MR) is 140 cm³/mol. The van der Waals surface area contributed by atoms with Crippen molar-refractivity contribution in [2.45, 2.75) is 40.2 Å². The Balaban J connectivity index is 0.000000253. The predicted octanol–water partition coefficient (Wildman–Crippen LogP) is 3.67. The van der Waals surface area contributed by atoms with Crippen LogP contribution in [0, 0.1) is 13.8 Å². The number of carbonyl (C=O) groups is 1. The number of nitrogens with zero attached hydrogens (tertiary/aromatic N) is 5. The van der Waals surface area contributed by atoms with Crippen molar-refractivity contribution >= 4 is 30.1 Å². The second-order valence-electron chi connectivity index (χ2n) is 9.58. The van der Waals surface area contributed by atoms with E-state index in [1.165, 1.54) is 5.56 Å². The van der Waals surface area contributed by atoms with E-state index in [2.05, 4.69) is 50.2 Å². The van der Waals surface area contributed by atoms with Crippen LogP contribution in [0.15, 0.2) is 36.7 Å². The summed E-state index contributed by atoms with van der Waals surface area (Å²) in [5, 5.41) is 3.33. The Kier molecular flexibility index (Phi) is 10.4. The van der Waals surface area contributed by atoms with E-state index in [0.29, 0.717) is 13.1 Å². The van der Waals surface area contributed by atoms with Crippen LogP contribution in [-0.2, 0) is 4.74 Å². The average molecular weight is 491 g/mol. The number of halogens is 1. The number of pyridine rings is 2. The lowest BCUT2D eigenvalue weighted by molar-refractivity contribution is 0.0240. The number of carbonyl (C=O) groups excluding carboxylic acids is 1. The van der Waals surface area contributed by atoms with Gasteiger partial charge in [0.15, 0.2) is 0 Å². The summed E-state index contributed by atoms with van der Waals surface area (Å²) in [6.45, 7) is 16.9. The van der Waals surface area contributed by atoms with Gasteiger partial charge in [0.2, 0.25) is 0 Å². The SMILES string of the molecule is Cc1ccc(N2CCN(C(=O)OC(C)(C)C)CC2)nc1.Cc1ccc(N2CCNCC2)nc1.Cl. The van der Waals surface area contributed by atoms with Crippen molar-refractivity contribution in [1.29, 1.82) is 0 Å². The Morgan fingerprint density at radius 1 is 0.824 bits per heavy atom. The summed E-state index contributed by atoms with van der Waals surface area (Å²) >= 11 is 0. The lowest BCUT2D eigenvalue weighted by Crippen LogP contribution is -2.50. The molecule has 2 aliphatic heterocycles. The molecule has 188 valence electrons. The van der Waals surface area contributed by atoms with Crippen LogP contribution in [0.1, 0.15) is 31.9 Å². The number of anilines is 2. The Bertz CT molecular complexity index is 872. The fourth-order valence-corrected chi connectivity index (χ4v) is 3.63. The molecule has 0 radical (unpaired) electrons. The summed E-state index contributed by atoms with van der Waals surface area (Å²) in [7, 11) is 0. The largest absolute Gasteiger partial charge is 0.444 e. The zero-order valence-electron chi connectivity index (χ0n) is 21.1. The number of ether oxygens (including phenoxy) is 1. The molecule has 0 aliphatic carbocycles. The highest BCUT2D eigenvalue weighted by molar-refractivity contribution is 5.85. The van der Waals surface area contributed by atoms with Crippen LogP contribution in [0.3, 0.4) is 0 Å². The quantitative estimate of drug-likeness (QED) is 0.688. The van der Waals surface area contributed by atoms with Gasteiger partial charge in [-0.05, 0) is 57.9 Å². The molecule has 1 amide bonds. The average Bonchev–Trinajstić information content (AvgIpc) is 2.80. The van der Waals surface area contributed by atoms with E-state index in [4.69, 9.17) is 4.74 Å². The van der Waals surface area contributed by atoms with Gasteiger partial charge in [0.1, 0.15) is 17.2 Å². The van der Waals surface area contributed by atoms with Crippen molar-refractivity contribution in [2.24, 2.45) is 0 Å². The molecule has 1 N–H and O–H groups in total. The van der Waals surface area contributed by atoms with Gasteiger partial charge in [-0.15, -0.1) is 12.4 Å². The normalized spacial score (nSPS) is 16.2. The molecule has 0 saturated carbocycles. The van der Waals surface area contributed by atoms with Crippen molar-refractivity contribution in [2.75, 3.05) is 62.2 Å². The van der Waals surface area contributed by atoms with Gasteiger partial charge >= 0.3 is 6.09 Å². The van der Waals surface area contributed by atoms with E-state index >= 15 is 0 Å². The van der Waals surface area contributed by atoms with E-state index in [1.807, 2.05) is 46.2 Å². The van der Waals surface area contributed by atoms with E-state index in [0.717, 1.165) is 56.5 Å². The van der Waals surface area contributed by atoms with Gasteiger partial charge in [0.25, 0.3) is 0 Å². The number of rotatable bonds is 2. The van der Waals surface area contributed by atoms with Crippen LogP contribution >= 0.6 is 12.4 Å². The van der Waals surface area contributed by atoms with Gasteiger partial charge in [-0.3, -0.25) is 0 Å². The molecule has 0 spiro atoms. The van der Waals surface area contributed by atoms with Gasteiger partial charge in [-0.25, -0.2) is 14.8 Å². The van der Waals surface area contributed by atoms with Crippen LogP contribution in [0.4, 0.5) is 16.4 Å².